The first-order valence-electron chi connectivity index (χ1n) is 11.2. The zero-order valence-electron chi connectivity index (χ0n) is 19.6. The molecule has 0 bridgehead atoms. The molecule has 1 aliphatic rings. The highest BCUT2D eigenvalue weighted by Crippen LogP contribution is 2.32. The van der Waals surface area contributed by atoms with Crippen LogP contribution in [0.15, 0.2) is 99.9 Å². The number of hydrogen-bond donors (Lipinski definition) is 1. The highest BCUT2D eigenvalue weighted by atomic mass is 32.1. The number of rotatable bonds is 5. The van der Waals surface area contributed by atoms with Crippen molar-refractivity contribution in [2.75, 3.05) is 12.4 Å². The Balaban J connectivity index is 1.68. The second-order valence-corrected chi connectivity index (χ2v) is 9.24. The van der Waals surface area contributed by atoms with Gasteiger partial charge in [-0.3, -0.25) is 14.2 Å². The van der Waals surface area contributed by atoms with Gasteiger partial charge in [-0.1, -0.05) is 53.8 Å². The molecule has 0 spiro atoms. The third kappa shape index (κ3) is 4.50. The summed E-state index contributed by atoms with van der Waals surface area (Å²) >= 11 is 1.23. The van der Waals surface area contributed by atoms with Crippen LogP contribution in [0.2, 0.25) is 0 Å². The summed E-state index contributed by atoms with van der Waals surface area (Å²) in [7, 11) is 1.57. The van der Waals surface area contributed by atoms with E-state index < -0.39 is 6.04 Å². The number of aromatic nitrogens is 1. The summed E-state index contributed by atoms with van der Waals surface area (Å²) in [6.07, 6.45) is 1.70. The first-order chi connectivity index (χ1) is 17.4. The van der Waals surface area contributed by atoms with Gasteiger partial charge in [0.1, 0.15) is 11.6 Å². The second-order valence-electron chi connectivity index (χ2n) is 8.23. The standard InChI is InChI=1S/C28H22FN3O3S/c1-17-24(26(33)31-21-8-4-3-5-9-21)25(19-7-6-10-22(16-19)35-2)32-27(34)23(36-28(32)30-17)15-18-11-13-20(29)14-12-18/h3-16,25H,1-2H3,(H,31,33)/b23-15-. The molecular weight excluding hydrogens is 477 g/mol. The van der Waals surface area contributed by atoms with Crippen molar-refractivity contribution in [1.29, 1.82) is 0 Å². The third-order valence-electron chi connectivity index (χ3n) is 5.88. The number of amides is 1. The van der Waals surface area contributed by atoms with Crippen LogP contribution in [0.1, 0.15) is 24.1 Å². The predicted molar refractivity (Wildman–Crippen MR) is 138 cm³/mol. The van der Waals surface area contributed by atoms with E-state index in [2.05, 4.69) is 10.3 Å². The largest absolute Gasteiger partial charge is 0.497 e. The molecule has 1 amide bonds. The van der Waals surface area contributed by atoms with Gasteiger partial charge in [0.25, 0.3) is 11.5 Å². The lowest BCUT2D eigenvalue weighted by Gasteiger charge is -2.25. The Bertz CT molecular complexity index is 1650. The average Bonchev–Trinajstić information content (AvgIpc) is 3.19. The predicted octanol–water partition coefficient (Wildman–Crippen LogP) is 4.02. The number of para-hydroxylation sites is 1. The summed E-state index contributed by atoms with van der Waals surface area (Å²) in [5.41, 5.74) is 2.65. The number of carbonyl (C=O) groups excluding carboxylic acids is 1. The fourth-order valence-electron chi connectivity index (χ4n) is 4.17. The zero-order valence-corrected chi connectivity index (χ0v) is 20.4. The monoisotopic (exact) mass is 499 g/mol. The van der Waals surface area contributed by atoms with Crippen LogP contribution in [0.5, 0.6) is 5.75 Å². The first-order valence-corrected chi connectivity index (χ1v) is 12.0. The number of halogens is 1. The van der Waals surface area contributed by atoms with Gasteiger partial charge in [-0.2, -0.15) is 0 Å². The maximum Gasteiger partial charge on any atom is 0.271 e. The molecule has 6 nitrogen and oxygen atoms in total. The first kappa shape index (κ1) is 23.4. The fraction of sp³-hybridized carbons (Fsp3) is 0.107. The molecule has 36 heavy (non-hydrogen) atoms. The number of hydrogen-bond acceptors (Lipinski definition) is 5. The van der Waals surface area contributed by atoms with Crippen molar-refractivity contribution in [3.8, 4) is 5.75 Å². The molecule has 2 heterocycles. The lowest BCUT2D eigenvalue weighted by Crippen LogP contribution is -2.40. The van der Waals surface area contributed by atoms with Crippen LogP contribution in [-0.2, 0) is 4.79 Å². The molecule has 0 saturated carbocycles. The molecule has 180 valence electrons. The lowest BCUT2D eigenvalue weighted by molar-refractivity contribution is -0.113. The summed E-state index contributed by atoms with van der Waals surface area (Å²) in [5, 5.41) is 2.93. The van der Waals surface area contributed by atoms with E-state index in [4.69, 9.17) is 4.74 Å². The smallest absolute Gasteiger partial charge is 0.271 e. The highest BCUT2D eigenvalue weighted by Gasteiger charge is 2.32. The highest BCUT2D eigenvalue weighted by molar-refractivity contribution is 7.07. The van der Waals surface area contributed by atoms with Gasteiger partial charge >= 0.3 is 0 Å². The van der Waals surface area contributed by atoms with Gasteiger partial charge in [0, 0.05) is 5.69 Å². The number of anilines is 1. The number of fused-ring (bicyclic) bond motifs is 1. The van der Waals surface area contributed by atoms with Crippen molar-refractivity contribution in [3.05, 3.63) is 127 Å². The summed E-state index contributed by atoms with van der Waals surface area (Å²) in [6.45, 7) is 1.77. The molecule has 1 atom stereocenters. The number of nitrogens with zero attached hydrogens (tertiary/aromatic N) is 2. The van der Waals surface area contributed by atoms with Crippen LogP contribution in [0, 0.1) is 5.82 Å². The minimum Gasteiger partial charge on any atom is -0.497 e. The van der Waals surface area contributed by atoms with E-state index in [-0.39, 0.29) is 17.3 Å². The van der Waals surface area contributed by atoms with Crippen molar-refractivity contribution in [1.82, 2.24) is 4.57 Å². The minimum atomic E-state index is -0.713. The van der Waals surface area contributed by atoms with Gasteiger partial charge < -0.3 is 10.1 Å². The van der Waals surface area contributed by atoms with Crippen LogP contribution < -0.4 is 24.9 Å². The Kier molecular flexibility index (Phi) is 6.35. The topological polar surface area (TPSA) is 72.7 Å². The van der Waals surface area contributed by atoms with Gasteiger partial charge in [0.15, 0.2) is 4.80 Å². The Morgan fingerprint density at radius 1 is 1.08 bits per heavy atom. The van der Waals surface area contributed by atoms with Gasteiger partial charge in [-0.05, 0) is 60.5 Å². The van der Waals surface area contributed by atoms with Crippen LogP contribution in [-0.4, -0.2) is 17.6 Å². The lowest BCUT2D eigenvalue weighted by atomic mass is 9.95. The van der Waals surface area contributed by atoms with Crippen LogP contribution >= 0.6 is 11.3 Å². The van der Waals surface area contributed by atoms with Gasteiger partial charge in [0.2, 0.25) is 0 Å². The van der Waals surface area contributed by atoms with Gasteiger partial charge in [-0.15, -0.1) is 0 Å². The zero-order chi connectivity index (χ0) is 25.2. The molecule has 1 aromatic heterocycles. The van der Waals surface area contributed by atoms with E-state index in [1.807, 2.05) is 42.5 Å². The number of carbonyl (C=O) groups is 1. The van der Waals surface area contributed by atoms with Crippen LogP contribution in [0.25, 0.3) is 6.08 Å². The summed E-state index contributed by atoms with van der Waals surface area (Å²) in [4.78, 5) is 32.3. The quantitative estimate of drug-likeness (QED) is 0.451. The van der Waals surface area contributed by atoms with Crippen LogP contribution in [0.4, 0.5) is 10.1 Å². The molecule has 0 radical (unpaired) electrons. The maximum absolute atomic E-state index is 13.7. The number of benzene rings is 3. The molecule has 1 aliphatic heterocycles. The number of nitrogens with one attached hydrogen (secondary N) is 1. The van der Waals surface area contributed by atoms with Crippen molar-refractivity contribution in [2.45, 2.75) is 13.0 Å². The van der Waals surface area contributed by atoms with E-state index in [9.17, 15) is 14.0 Å². The number of methoxy groups -OCH3 is 1. The molecule has 0 fully saturated rings. The molecule has 4 aromatic rings. The SMILES string of the molecule is COc1cccc(C2C(C(=O)Nc3ccccc3)=C(C)N=c3s/c(=C\c4ccc(F)cc4)c(=O)n32)c1. The molecular formula is C28H22FN3O3S. The molecule has 0 aliphatic carbocycles. The Morgan fingerprint density at radius 3 is 2.56 bits per heavy atom. The van der Waals surface area contributed by atoms with E-state index in [0.29, 0.717) is 37.6 Å². The Hall–Kier alpha value is -4.30. The fourth-order valence-corrected chi connectivity index (χ4v) is 5.22. The Morgan fingerprint density at radius 2 is 1.83 bits per heavy atom. The van der Waals surface area contributed by atoms with Gasteiger partial charge in [0.05, 0.1) is 29.0 Å². The van der Waals surface area contributed by atoms with Crippen molar-refractivity contribution >= 4 is 29.0 Å². The van der Waals surface area contributed by atoms with E-state index in [1.165, 1.54) is 23.5 Å². The minimum absolute atomic E-state index is 0.284. The molecule has 0 saturated heterocycles. The number of ether oxygens (including phenoxy) is 1. The molecule has 8 heteroatoms. The summed E-state index contributed by atoms with van der Waals surface area (Å²) < 4.78 is 20.8. The van der Waals surface area contributed by atoms with E-state index in [0.717, 1.165) is 5.56 Å². The maximum atomic E-state index is 13.7. The molecule has 5 rings (SSSR count). The van der Waals surface area contributed by atoms with Gasteiger partial charge in [-0.25, -0.2) is 9.38 Å². The number of allylic oxidation sites excluding steroid dienone is 1. The molecule has 1 unspecified atom stereocenters. The average molecular weight is 500 g/mol. The third-order valence-corrected chi connectivity index (χ3v) is 6.86. The van der Waals surface area contributed by atoms with E-state index >= 15 is 0 Å². The second kappa shape index (κ2) is 9.75. The molecule has 3 aromatic carbocycles. The van der Waals surface area contributed by atoms with Crippen molar-refractivity contribution < 1.29 is 13.9 Å². The summed E-state index contributed by atoms with van der Waals surface area (Å²) in [5.74, 6) is -0.0853. The Labute approximate surface area is 210 Å². The van der Waals surface area contributed by atoms with Crippen molar-refractivity contribution in [3.63, 3.8) is 0 Å². The normalized spacial score (nSPS) is 15.3. The van der Waals surface area contributed by atoms with Crippen LogP contribution in [0.3, 0.4) is 0 Å². The summed E-state index contributed by atoms with van der Waals surface area (Å²) in [6, 6.07) is 21.6. The molecule has 1 N–H and O–H groups in total. The van der Waals surface area contributed by atoms with E-state index in [1.54, 1.807) is 48.9 Å². The van der Waals surface area contributed by atoms with Crippen molar-refractivity contribution in [2.24, 2.45) is 4.99 Å². The number of thiazole rings is 1.